The molecule has 2 heterocycles. The Hall–Kier alpha value is -3.02. The lowest BCUT2D eigenvalue weighted by atomic mass is 10.0. The van der Waals surface area contributed by atoms with Crippen molar-refractivity contribution >= 4 is 5.91 Å². The highest BCUT2D eigenvalue weighted by Crippen LogP contribution is 2.36. The Labute approximate surface area is 147 Å². The van der Waals surface area contributed by atoms with Gasteiger partial charge in [0.2, 0.25) is 0 Å². The first-order valence-electron chi connectivity index (χ1n) is 7.86. The molecule has 0 saturated carbocycles. The van der Waals surface area contributed by atoms with Crippen molar-refractivity contribution in [1.29, 1.82) is 5.26 Å². The summed E-state index contributed by atoms with van der Waals surface area (Å²) in [7, 11) is 1.48. The molecule has 1 aromatic heterocycles. The van der Waals surface area contributed by atoms with Crippen molar-refractivity contribution in [3.05, 3.63) is 41.2 Å². The van der Waals surface area contributed by atoms with E-state index in [1.807, 2.05) is 6.07 Å². The van der Waals surface area contributed by atoms with Crippen LogP contribution in [0.3, 0.4) is 0 Å². The van der Waals surface area contributed by atoms with E-state index in [-0.39, 0.29) is 37.2 Å². The van der Waals surface area contributed by atoms with Crippen LogP contribution in [0.25, 0.3) is 5.69 Å². The zero-order valence-electron chi connectivity index (χ0n) is 13.9. The highest BCUT2D eigenvalue weighted by atomic mass is 19.4. The van der Waals surface area contributed by atoms with Crippen LogP contribution in [0, 0.1) is 11.3 Å². The Morgan fingerprint density at radius 1 is 1.31 bits per heavy atom. The first kappa shape index (κ1) is 17.8. The molecule has 0 atom stereocenters. The summed E-state index contributed by atoms with van der Waals surface area (Å²) in [5.74, 6) is -0.0203. The number of methoxy groups -OCH3 is 1. The minimum absolute atomic E-state index is 0.0392. The monoisotopic (exact) mass is 364 g/mol. The number of carbonyl (C=O) groups is 1. The van der Waals surface area contributed by atoms with E-state index in [1.165, 1.54) is 24.1 Å². The van der Waals surface area contributed by atoms with Crippen molar-refractivity contribution in [2.24, 2.45) is 0 Å². The van der Waals surface area contributed by atoms with E-state index in [0.29, 0.717) is 11.4 Å². The fraction of sp³-hybridized carbons (Fsp3) is 0.353. The van der Waals surface area contributed by atoms with Crippen LogP contribution in [0.4, 0.5) is 13.2 Å². The second-order valence-corrected chi connectivity index (χ2v) is 5.73. The molecule has 0 bridgehead atoms. The Balaban J connectivity index is 2.11. The van der Waals surface area contributed by atoms with Gasteiger partial charge in [0, 0.05) is 18.7 Å². The maximum atomic E-state index is 13.4. The number of alkyl halides is 3. The van der Waals surface area contributed by atoms with Gasteiger partial charge in [-0.3, -0.25) is 4.79 Å². The summed E-state index contributed by atoms with van der Waals surface area (Å²) in [6.07, 6.45) is -4.50. The number of nitriles is 1. The van der Waals surface area contributed by atoms with Crippen molar-refractivity contribution in [3.63, 3.8) is 0 Å². The number of ether oxygens (including phenoxy) is 1. The van der Waals surface area contributed by atoms with E-state index >= 15 is 0 Å². The number of nitrogens with zero attached hydrogens (tertiary/aromatic N) is 4. The molecule has 3 rings (SSSR count). The molecular formula is C17H15F3N4O2. The van der Waals surface area contributed by atoms with Crippen LogP contribution < -0.4 is 4.74 Å². The van der Waals surface area contributed by atoms with Crippen LogP contribution in [-0.2, 0) is 12.6 Å². The number of hydrogen-bond donors (Lipinski definition) is 0. The number of benzene rings is 1. The van der Waals surface area contributed by atoms with Crippen molar-refractivity contribution in [2.45, 2.75) is 19.0 Å². The molecule has 2 aromatic rings. The predicted octanol–water partition coefficient (Wildman–Crippen LogP) is 2.81. The van der Waals surface area contributed by atoms with Gasteiger partial charge in [-0.2, -0.15) is 23.5 Å². The highest BCUT2D eigenvalue weighted by molar-refractivity contribution is 5.96. The maximum absolute atomic E-state index is 13.4. The number of carbonyl (C=O) groups excluding carboxylic acids is 1. The molecule has 1 aliphatic rings. The molecule has 26 heavy (non-hydrogen) atoms. The second-order valence-electron chi connectivity index (χ2n) is 5.73. The summed E-state index contributed by atoms with van der Waals surface area (Å²) in [5.41, 5.74) is -0.928. The zero-order chi connectivity index (χ0) is 18.9. The van der Waals surface area contributed by atoms with Gasteiger partial charge in [-0.15, -0.1) is 0 Å². The summed E-state index contributed by atoms with van der Waals surface area (Å²) in [6, 6.07) is 8.17. The Kier molecular flexibility index (Phi) is 4.59. The molecule has 0 spiro atoms. The third-order valence-electron chi connectivity index (χ3n) is 4.18. The standard InChI is InChI=1S/C17H15F3N4O2/c1-26-12-5-3-11(4-6-12)24-14-13(15(22-24)17(18,19)20)7-10-23(16(14)25)9-2-8-21/h3-6H,2,7,9-10H2,1H3. The van der Waals surface area contributed by atoms with Gasteiger partial charge < -0.3 is 9.64 Å². The van der Waals surface area contributed by atoms with Crippen LogP contribution in [0.2, 0.25) is 0 Å². The molecule has 1 aromatic carbocycles. The summed E-state index contributed by atoms with van der Waals surface area (Å²) < 4.78 is 46.2. The summed E-state index contributed by atoms with van der Waals surface area (Å²) in [5, 5.41) is 12.4. The van der Waals surface area contributed by atoms with E-state index in [4.69, 9.17) is 10.00 Å². The molecule has 0 aliphatic carbocycles. The van der Waals surface area contributed by atoms with E-state index in [2.05, 4.69) is 5.10 Å². The summed E-state index contributed by atoms with van der Waals surface area (Å²) in [4.78, 5) is 14.1. The van der Waals surface area contributed by atoms with Gasteiger partial charge in [0.15, 0.2) is 5.69 Å². The SMILES string of the molecule is COc1ccc(-n2nc(C(F)(F)F)c3c2C(=O)N(CCC#N)CC3)cc1. The molecular weight excluding hydrogens is 349 g/mol. The number of amides is 1. The normalized spacial score (nSPS) is 14.1. The van der Waals surface area contributed by atoms with Crippen LogP contribution in [0.1, 0.15) is 28.2 Å². The van der Waals surface area contributed by atoms with Gasteiger partial charge in [0.25, 0.3) is 5.91 Å². The van der Waals surface area contributed by atoms with Crippen molar-refractivity contribution in [1.82, 2.24) is 14.7 Å². The highest BCUT2D eigenvalue weighted by Gasteiger charge is 2.43. The van der Waals surface area contributed by atoms with Crippen molar-refractivity contribution in [3.8, 4) is 17.5 Å². The number of halogens is 3. The largest absolute Gasteiger partial charge is 0.497 e. The maximum Gasteiger partial charge on any atom is 0.435 e. The molecule has 0 fully saturated rings. The minimum Gasteiger partial charge on any atom is -0.497 e. The Morgan fingerprint density at radius 2 is 2.00 bits per heavy atom. The zero-order valence-corrected chi connectivity index (χ0v) is 13.9. The molecule has 0 radical (unpaired) electrons. The van der Waals surface area contributed by atoms with E-state index in [0.717, 1.165) is 4.68 Å². The van der Waals surface area contributed by atoms with Gasteiger partial charge in [0.1, 0.15) is 11.4 Å². The molecule has 136 valence electrons. The minimum atomic E-state index is -4.66. The smallest absolute Gasteiger partial charge is 0.435 e. The number of fused-ring (bicyclic) bond motifs is 1. The topological polar surface area (TPSA) is 71.2 Å². The van der Waals surface area contributed by atoms with Gasteiger partial charge in [-0.05, 0) is 30.7 Å². The van der Waals surface area contributed by atoms with Crippen LogP contribution in [0.15, 0.2) is 24.3 Å². The molecule has 0 saturated heterocycles. The third kappa shape index (κ3) is 3.10. The molecule has 0 unspecified atom stereocenters. The number of hydrogen-bond acceptors (Lipinski definition) is 4. The van der Waals surface area contributed by atoms with Crippen molar-refractivity contribution < 1.29 is 22.7 Å². The van der Waals surface area contributed by atoms with E-state index in [9.17, 15) is 18.0 Å². The van der Waals surface area contributed by atoms with E-state index < -0.39 is 17.8 Å². The fourth-order valence-electron chi connectivity index (χ4n) is 2.94. The Morgan fingerprint density at radius 3 is 2.58 bits per heavy atom. The first-order chi connectivity index (χ1) is 12.4. The predicted molar refractivity (Wildman–Crippen MR) is 85.0 cm³/mol. The second kappa shape index (κ2) is 6.71. The lowest BCUT2D eigenvalue weighted by Crippen LogP contribution is -2.39. The van der Waals surface area contributed by atoms with Gasteiger partial charge >= 0.3 is 6.18 Å². The van der Waals surface area contributed by atoms with Crippen LogP contribution >= 0.6 is 0 Å². The quantitative estimate of drug-likeness (QED) is 0.836. The van der Waals surface area contributed by atoms with Gasteiger partial charge in [0.05, 0.1) is 25.3 Å². The fourth-order valence-corrected chi connectivity index (χ4v) is 2.94. The molecule has 1 amide bonds. The first-order valence-corrected chi connectivity index (χ1v) is 7.86. The van der Waals surface area contributed by atoms with Crippen LogP contribution in [-0.4, -0.2) is 40.8 Å². The summed E-state index contributed by atoms with van der Waals surface area (Å²) in [6.45, 7) is 0.300. The van der Waals surface area contributed by atoms with Crippen LogP contribution in [0.5, 0.6) is 5.75 Å². The van der Waals surface area contributed by atoms with Gasteiger partial charge in [-0.25, -0.2) is 4.68 Å². The van der Waals surface area contributed by atoms with E-state index in [1.54, 1.807) is 12.1 Å². The lowest BCUT2D eigenvalue weighted by molar-refractivity contribution is -0.142. The lowest BCUT2D eigenvalue weighted by Gasteiger charge is -2.27. The van der Waals surface area contributed by atoms with Crippen molar-refractivity contribution in [2.75, 3.05) is 20.2 Å². The molecule has 6 nitrogen and oxygen atoms in total. The van der Waals surface area contributed by atoms with Gasteiger partial charge in [-0.1, -0.05) is 0 Å². The summed E-state index contributed by atoms with van der Waals surface area (Å²) >= 11 is 0. The number of aromatic nitrogens is 2. The molecule has 1 aliphatic heterocycles. The molecule has 9 heteroatoms. The molecule has 0 N–H and O–H groups in total. The average molecular weight is 364 g/mol. The Bertz CT molecular complexity index is 866. The number of rotatable bonds is 4. The average Bonchev–Trinajstić information content (AvgIpc) is 3.02. The third-order valence-corrected chi connectivity index (χ3v) is 4.18.